The number of amides is 1. The van der Waals surface area contributed by atoms with E-state index < -0.39 is 11.7 Å². The second-order valence-electron chi connectivity index (χ2n) is 5.27. The molecule has 2 aromatic rings. The quantitative estimate of drug-likeness (QED) is 0.746. The van der Waals surface area contributed by atoms with Gasteiger partial charge >= 0.3 is 0 Å². The van der Waals surface area contributed by atoms with Crippen molar-refractivity contribution in [1.82, 2.24) is 0 Å². The summed E-state index contributed by atoms with van der Waals surface area (Å²) in [5.41, 5.74) is 1.65. The van der Waals surface area contributed by atoms with Crippen LogP contribution in [0, 0.1) is 12.7 Å². The predicted octanol–water partition coefficient (Wildman–Crippen LogP) is 4.85. The first-order chi connectivity index (χ1) is 11.9. The van der Waals surface area contributed by atoms with Crippen LogP contribution in [0.25, 0.3) is 6.08 Å². The summed E-state index contributed by atoms with van der Waals surface area (Å²) in [4.78, 5) is 12.0. The van der Waals surface area contributed by atoms with Crippen LogP contribution in [0.5, 0.6) is 11.5 Å². The Kier molecular flexibility index (Phi) is 6.42. The summed E-state index contributed by atoms with van der Waals surface area (Å²) in [6.07, 6.45) is 2.87. The van der Waals surface area contributed by atoms with E-state index in [9.17, 15) is 9.18 Å². The summed E-state index contributed by atoms with van der Waals surface area (Å²) in [6, 6.07) is 7.88. The zero-order valence-electron chi connectivity index (χ0n) is 14.2. The van der Waals surface area contributed by atoms with Gasteiger partial charge in [0.15, 0.2) is 11.5 Å². The summed E-state index contributed by atoms with van der Waals surface area (Å²) in [7, 11) is 1.50. The van der Waals surface area contributed by atoms with Gasteiger partial charge in [-0.1, -0.05) is 17.7 Å². The minimum atomic E-state index is -0.488. The van der Waals surface area contributed by atoms with Crippen molar-refractivity contribution in [3.63, 3.8) is 0 Å². The van der Waals surface area contributed by atoms with Gasteiger partial charge in [0.05, 0.1) is 24.4 Å². The maximum Gasteiger partial charge on any atom is 0.248 e. The molecule has 0 fully saturated rings. The van der Waals surface area contributed by atoms with Crippen molar-refractivity contribution in [3.05, 3.63) is 58.4 Å². The van der Waals surface area contributed by atoms with E-state index in [2.05, 4.69) is 5.32 Å². The van der Waals surface area contributed by atoms with E-state index in [0.717, 1.165) is 5.56 Å². The van der Waals surface area contributed by atoms with E-state index in [1.807, 2.05) is 13.8 Å². The molecule has 6 heteroatoms. The van der Waals surface area contributed by atoms with E-state index in [-0.39, 0.29) is 5.69 Å². The minimum Gasteiger partial charge on any atom is -0.491 e. The normalized spacial score (nSPS) is 10.8. The van der Waals surface area contributed by atoms with Crippen LogP contribution >= 0.6 is 11.6 Å². The number of methoxy groups -OCH3 is 1. The van der Waals surface area contributed by atoms with Gasteiger partial charge in [0.25, 0.3) is 0 Å². The lowest BCUT2D eigenvalue weighted by Gasteiger charge is -2.11. The fourth-order valence-electron chi connectivity index (χ4n) is 2.23. The number of nitrogens with one attached hydrogen (secondary N) is 1. The first kappa shape index (κ1) is 18.8. The maximum absolute atomic E-state index is 13.7. The number of carbonyl (C=O) groups is 1. The SMILES string of the molecule is CCOc1cc(/C=C/C(=O)Nc2cc(C)ccc2F)cc(Cl)c1OC. The number of hydrogen-bond donors (Lipinski definition) is 1. The Morgan fingerprint density at radius 2 is 2.08 bits per heavy atom. The number of anilines is 1. The molecule has 25 heavy (non-hydrogen) atoms. The van der Waals surface area contributed by atoms with E-state index in [1.54, 1.807) is 30.3 Å². The molecule has 0 spiro atoms. The van der Waals surface area contributed by atoms with Crippen LogP contribution in [-0.4, -0.2) is 19.6 Å². The first-order valence-corrected chi connectivity index (χ1v) is 8.08. The molecule has 0 aliphatic carbocycles. The number of aryl methyl sites for hydroxylation is 1. The van der Waals surface area contributed by atoms with Gasteiger partial charge in [-0.15, -0.1) is 0 Å². The van der Waals surface area contributed by atoms with Gasteiger partial charge in [-0.3, -0.25) is 4.79 Å². The van der Waals surface area contributed by atoms with E-state index >= 15 is 0 Å². The lowest BCUT2D eigenvalue weighted by atomic mass is 10.1. The third kappa shape index (κ3) is 4.97. The van der Waals surface area contributed by atoms with Crippen LogP contribution in [0.4, 0.5) is 10.1 Å². The molecule has 0 aliphatic rings. The third-order valence-corrected chi connectivity index (χ3v) is 3.62. The molecular weight excluding hydrogens is 345 g/mol. The Labute approximate surface area is 151 Å². The Balaban J connectivity index is 2.18. The topological polar surface area (TPSA) is 47.6 Å². The van der Waals surface area contributed by atoms with Gasteiger partial charge in [-0.05, 0) is 55.3 Å². The van der Waals surface area contributed by atoms with E-state index in [1.165, 1.54) is 19.3 Å². The van der Waals surface area contributed by atoms with Gasteiger partial charge in [-0.2, -0.15) is 0 Å². The molecule has 0 saturated heterocycles. The summed E-state index contributed by atoms with van der Waals surface area (Å²) in [5.74, 6) is -0.0119. The molecule has 0 saturated carbocycles. The second-order valence-corrected chi connectivity index (χ2v) is 5.68. The van der Waals surface area contributed by atoms with Crippen molar-refractivity contribution in [2.75, 3.05) is 19.0 Å². The number of halogens is 2. The number of benzene rings is 2. The molecule has 4 nitrogen and oxygen atoms in total. The lowest BCUT2D eigenvalue weighted by molar-refractivity contribution is -0.111. The average Bonchev–Trinajstić information content (AvgIpc) is 2.56. The highest BCUT2D eigenvalue weighted by Crippen LogP contribution is 2.36. The largest absolute Gasteiger partial charge is 0.491 e. The third-order valence-electron chi connectivity index (χ3n) is 3.34. The molecule has 0 atom stereocenters. The molecule has 2 aromatic carbocycles. The van der Waals surface area contributed by atoms with Crippen LogP contribution < -0.4 is 14.8 Å². The fourth-order valence-corrected chi connectivity index (χ4v) is 2.52. The van der Waals surface area contributed by atoms with Crippen LogP contribution in [0.1, 0.15) is 18.1 Å². The highest BCUT2D eigenvalue weighted by Gasteiger charge is 2.11. The summed E-state index contributed by atoms with van der Waals surface area (Å²) < 4.78 is 24.4. The maximum atomic E-state index is 13.7. The molecule has 2 rings (SSSR count). The molecule has 0 heterocycles. The summed E-state index contributed by atoms with van der Waals surface area (Å²) >= 11 is 6.16. The molecule has 132 valence electrons. The highest BCUT2D eigenvalue weighted by atomic mass is 35.5. The standard InChI is InChI=1S/C19H19ClFNO3/c1-4-25-17-11-13(10-14(20)19(17)24-3)6-8-18(23)22-16-9-12(2)5-7-15(16)21/h5-11H,4H2,1-3H3,(H,22,23)/b8-6+. The van der Waals surface area contributed by atoms with Crippen molar-refractivity contribution in [2.45, 2.75) is 13.8 Å². The Morgan fingerprint density at radius 1 is 1.32 bits per heavy atom. The van der Waals surface area contributed by atoms with Gasteiger partial charge in [0.2, 0.25) is 5.91 Å². The van der Waals surface area contributed by atoms with Crippen molar-refractivity contribution in [2.24, 2.45) is 0 Å². The van der Waals surface area contributed by atoms with Crippen LogP contribution in [0.15, 0.2) is 36.4 Å². The van der Waals surface area contributed by atoms with Crippen molar-refractivity contribution in [1.29, 1.82) is 0 Å². The highest BCUT2D eigenvalue weighted by molar-refractivity contribution is 6.32. The van der Waals surface area contributed by atoms with Gasteiger partial charge in [-0.25, -0.2) is 4.39 Å². The number of rotatable bonds is 6. The van der Waals surface area contributed by atoms with Crippen molar-refractivity contribution in [3.8, 4) is 11.5 Å². The lowest BCUT2D eigenvalue weighted by Crippen LogP contribution is -2.09. The number of hydrogen-bond acceptors (Lipinski definition) is 3. The minimum absolute atomic E-state index is 0.136. The smallest absolute Gasteiger partial charge is 0.248 e. The summed E-state index contributed by atoms with van der Waals surface area (Å²) in [6.45, 7) is 4.12. The van der Waals surface area contributed by atoms with Gasteiger partial charge in [0.1, 0.15) is 5.82 Å². The first-order valence-electron chi connectivity index (χ1n) is 7.70. The van der Waals surface area contributed by atoms with Crippen LogP contribution in [0.3, 0.4) is 0 Å². The van der Waals surface area contributed by atoms with Gasteiger partial charge < -0.3 is 14.8 Å². The number of ether oxygens (including phenoxy) is 2. The molecule has 1 amide bonds. The van der Waals surface area contributed by atoms with Crippen molar-refractivity contribution < 1.29 is 18.7 Å². The summed E-state index contributed by atoms with van der Waals surface area (Å²) in [5, 5.41) is 2.88. The molecule has 0 radical (unpaired) electrons. The second kappa shape index (κ2) is 8.53. The zero-order chi connectivity index (χ0) is 18.4. The van der Waals surface area contributed by atoms with E-state index in [4.69, 9.17) is 21.1 Å². The molecule has 0 unspecified atom stereocenters. The molecule has 1 N–H and O–H groups in total. The Morgan fingerprint density at radius 3 is 2.76 bits per heavy atom. The Hall–Kier alpha value is -2.53. The fraction of sp³-hybridized carbons (Fsp3) is 0.211. The molecule has 0 bridgehead atoms. The number of carbonyl (C=O) groups excluding carboxylic acids is 1. The van der Waals surface area contributed by atoms with E-state index in [0.29, 0.717) is 28.7 Å². The van der Waals surface area contributed by atoms with Crippen molar-refractivity contribution >= 4 is 29.3 Å². The Bertz CT molecular complexity index is 805. The van der Waals surface area contributed by atoms with Crippen LogP contribution in [0.2, 0.25) is 5.02 Å². The van der Waals surface area contributed by atoms with Crippen LogP contribution in [-0.2, 0) is 4.79 Å². The van der Waals surface area contributed by atoms with Gasteiger partial charge in [0, 0.05) is 6.08 Å². The average molecular weight is 364 g/mol. The predicted molar refractivity (Wildman–Crippen MR) is 98.0 cm³/mol. The molecule has 0 aromatic heterocycles. The zero-order valence-corrected chi connectivity index (χ0v) is 15.0. The monoisotopic (exact) mass is 363 g/mol. The molecular formula is C19H19ClFNO3. The molecule has 0 aliphatic heterocycles.